The predicted octanol–water partition coefficient (Wildman–Crippen LogP) is 4.99. The number of ether oxygens (including phenoxy) is 2. The van der Waals surface area contributed by atoms with Gasteiger partial charge in [-0.25, -0.2) is 4.98 Å². The molecule has 34 heavy (non-hydrogen) atoms. The van der Waals surface area contributed by atoms with Crippen LogP contribution in [0.1, 0.15) is 6.04 Å². The molecule has 0 unspecified atom stereocenters. The fraction of sp³-hybridized carbons (Fsp3) is 0.259. The Morgan fingerprint density at radius 3 is 2.32 bits per heavy atom. The minimum atomic E-state index is 0.384. The third-order valence-electron chi connectivity index (χ3n) is 5.82. The second-order valence-electron chi connectivity index (χ2n) is 8.73. The second kappa shape index (κ2) is 10.1. The van der Waals surface area contributed by atoms with Crippen molar-refractivity contribution in [2.24, 2.45) is 0 Å². The summed E-state index contributed by atoms with van der Waals surface area (Å²) in [5.74, 6) is 2.82. The highest BCUT2D eigenvalue weighted by atomic mass is 16.5. The molecule has 0 amide bonds. The molecule has 1 aliphatic heterocycles. The Morgan fingerprint density at radius 1 is 0.882 bits per heavy atom. The van der Waals surface area contributed by atoms with Crippen LogP contribution < -0.4 is 9.47 Å². The van der Waals surface area contributed by atoms with Gasteiger partial charge in [0.1, 0.15) is 29.1 Å². The molecule has 0 bridgehead atoms. The Morgan fingerprint density at radius 2 is 1.59 bits per heavy atom. The number of likely N-dealkylation sites (tertiary alicyclic amines) is 1. The summed E-state index contributed by atoms with van der Waals surface area (Å²) in [7, 11) is 4.16. The van der Waals surface area contributed by atoms with E-state index in [1.807, 2.05) is 60.7 Å². The number of nitrogens with zero attached hydrogens (tertiary/aromatic N) is 5. The molecule has 7 nitrogen and oxygen atoms in total. The van der Waals surface area contributed by atoms with E-state index in [9.17, 15) is 0 Å². The van der Waals surface area contributed by atoms with Gasteiger partial charge in [0.2, 0.25) is 5.88 Å². The van der Waals surface area contributed by atoms with Crippen molar-refractivity contribution < 1.29 is 9.47 Å². The number of rotatable bonds is 9. The van der Waals surface area contributed by atoms with Gasteiger partial charge >= 0.3 is 0 Å². The number of hydrogen-bond acceptors (Lipinski definition) is 6. The van der Waals surface area contributed by atoms with E-state index in [0.717, 1.165) is 48.7 Å². The summed E-state index contributed by atoms with van der Waals surface area (Å²) in [6.45, 7) is 3.93. The van der Waals surface area contributed by atoms with Gasteiger partial charge in [0, 0.05) is 32.4 Å². The Bertz CT molecular complexity index is 1250. The highest BCUT2D eigenvalue weighted by molar-refractivity contribution is 5.81. The van der Waals surface area contributed by atoms with Gasteiger partial charge < -0.3 is 18.9 Å². The zero-order valence-electron chi connectivity index (χ0n) is 19.5. The van der Waals surface area contributed by atoms with E-state index in [0.29, 0.717) is 17.7 Å². The zero-order chi connectivity index (χ0) is 23.3. The average Bonchev–Trinajstić information content (AvgIpc) is 3.24. The van der Waals surface area contributed by atoms with Crippen LogP contribution in [0.15, 0.2) is 85.3 Å². The number of para-hydroxylation sites is 1. The van der Waals surface area contributed by atoms with Gasteiger partial charge in [0.05, 0.1) is 11.6 Å². The Balaban J connectivity index is 1.26. The molecular formula is C27H29N5O2. The molecule has 1 saturated heterocycles. The van der Waals surface area contributed by atoms with E-state index < -0.39 is 0 Å². The fourth-order valence-electron chi connectivity index (χ4n) is 4.03. The Labute approximate surface area is 199 Å². The molecule has 3 heterocycles. The lowest BCUT2D eigenvalue weighted by atomic mass is 10.1. The first kappa shape index (κ1) is 22.1. The van der Waals surface area contributed by atoms with E-state index >= 15 is 0 Å². The van der Waals surface area contributed by atoms with Crippen molar-refractivity contribution in [3.8, 4) is 23.1 Å². The summed E-state index contributed by atoms with van der Waals surface area (Å²) in [6.07, 6.45) is 8.10. The fourth-order valence-corrected chi connectivity index (χ4v) is 4.03. The molecule has 0 aliphatic carbocycles. The first-order chi connectivity index (χ1) is 16.7. The molecule has 5 rings (SSSR count). The minimum absolute atomic E-state index is 0.384. The van der Waals surface area contributed by atoms with Crippen LogP contribution in [0.2, 0.25) is 0 Å². The largest absolute Gasteiger partial charge is 0.457 e. The topological polar surface area (TPSA) is 55.7 Å². The lowest BCUT2D eigenvalue weighted by molar-refractivity contribution is 0.124. The number of hydrogen-bond donors (Lipinski definition) is 0. The van der Waals surface area contributed by atoms with Gasteiger partial charge in [0.25, 0.3) is 0 Å². The maximum absolute atomic E-state index is 6.19. The van der Waals surface area contributed by atoms with E-state index in [4.69, 9.17) is 9.47 Å². The lowest BCUT2D eigenvalue weighted by Crippen LogP contribution is -2.47. The van der Waals surface area contributed by atoms with Gasteiger partial charge in [-0.15, -0.1) is 0 Å². The van der Waals surface area contributed by atoms with E-state index in [-0.39, 0.29) is 0 Å². The lowest BCUT2D eigenvalue weighted by Gasteiger charge is -2.39. The van der Waals surface area contributed by atoms with E-state index in [2.05, 4.69) is 56.8 Å². The summed E-state index contributed by atoms with van der Waals surface area (Å²) < 4.78 is 14.3. The van der Waals surface area contributed by atoms with Gasteiger partial charge in [-0.3, -0.25) is 4.90 Å². The SMILES string of the molecule is CN(C)CC=CCN1CC(n2ccc3ncnc(Oc4ccc(Oc5ccccc5)cc4)c32)C1. The number of fused-ring (bicyclic) bond motifs is 1. The van der Waals surface area contributed by atoms with Gasteiger partial charge in [-0.2, -0.15) is 4.98 Å². The third kappa shape index (κ3) is 5.11. The van der Waals surface area contributed by atoms with Crippen LogP contribution in [-0.4, -0.2) is 64.6 Å². The molecule has 1 aliphatic rings. The summed E-state index contributed by atoms with van der Waals surface area (Å²) in [5.41, 5.74) is 1.82. The average molecular weight is 456 g/mol. The molecule has 2 aromatic carbocycles. The van der Waals surface area contributed by atoms with Crippen LogP contribution in [0.25, 0.3) is 11.0 Å². The van der Waals surface area contributed by atoms with Crippen molar-refractivity contribution in [3.63, 3.8) is 0 Å². The summed E-state index contributed by atoms with van der Waals surface area (Å²) >= 11 is 0. The highest BCUT2D eigenvalue weighted by Gasteiger charge is 2.29. The van der Waals surface area contributed by atoms with Crippen molar-refractivity contribution in [1.29, 1.82) is 0 Å². The normalized spacial score (nSPS) is 14.7. The van der Waals surface area contributed by atoms with E-state index in [1.54, 1.807) is 6.33 Å². The molecule has 0 atom stereocenters. The summed E-state index contributed by atoms with van der Waals surface area (Å²) in [6, 6.07) is 19.7. The number of aromatic nitrogens is 3. The predicted molar refractivity (Wildman–Crippen MR) is 134 cm³/mol. The molecule has 1 fully saturated rings. The van der Waals surface area contributed by atoms with Crippen LogP contribution in [0, 0.1) is 0 Å². The van der Waals surface area contributed by atoms with Crippen molar-refractivity contribution in [2.75, 3.05) is 40.3 Å². The van der Waals surface area contributed by atoms with Gasteiger partial charge in [-0.1, -0.05) is 30.4 Å². The Kier molecular flexibility index (Phi) is 6.56. The number of benzene rings is 2. The van der Waals surface area contributed by atoms with Gasteiger partial charge in [-0.05, 0) is 56.6 Å². The van der Waals surface area contributed by atoms with Crippen molar-refractivity contribution >= 4 is 11.0 Å². The summed E-state index contributed by atoms with van der Waals surface area (Å²) in [4.78, 5) is 13.5. The van der Waals surface area contributed by atoms with Crippen LogP contribution in [-0.2, 0) is 0 Å². The quantitative estimate of drug-likeness (QED) is 0.332. The highest BCUT2D eigenvalue weighted by Crippen LogP contribution is 2.33. The first-order valence-corrected chi connectivity index (χ1v) is 11.5. The monoisotopic (exact) mass is 455 g/mol. The number of likely N-dealkylation sites (N-methyl/N-ethyl adjacent to an activating group) is 1. The van der Waals surface area contributed by atoms with Gasteiger partial charge in [0.15, 0.2) is 0 Å². The molecule has 7 heteroatoms. The molecule has 0 radical (unpaired) electrons. The minimum Gasteiger partial charge on any atom is -0.457 e. The summed E-state index contributed by atoms with van der Waals surface area (Å²) in [5, 5.41) is 0. The third-order valence-corrected chi connectivity index (χ3v) is 5.82. The second-order valence-corrected chi connectivity index (χ2v) is 8.73. The smallest absolute Gasteiger partial charge is 0.247 e. The van der Waals surface area contributed by atoms with Crippen LogP contribution in [0.3, 0.4) is 0 Å². The van der Waals surface area contributed by atoms with Crippen LogP contribution in [0.5, 0.6) is 23.1 Å². The molecular weight excluding hydrogens is 426 g/mol. The molecule has 174 valence electrons. The molecule has 0 spiro atoms. The maximum Gasteiger partial charge on any atom is 0.247 e. The Hall–Kier alpha value is -3.68. The standard InChI is InChI=1S/C27H29N5O2/c1-30(2)15-6-7-16-31-18-21(19-31)32-17-14-25-26(32)27(29-20-28-25)34-24-12-10-23(11-13-24)33-22-8-4-3-5-9-22/h3-14,17,20-21H,15-16,18-19H2,1-2H3. The van der Waals surface area contributed by atoms with Crippen LogP contribution >= 0.6 is 0 Å². The molecule has 0 saturated carbocycles. The zero-order valence-corrected chi connectivity index (χ0v) is 19.5. The molecule has 0 N–H and O–H groups in total. The first-order valence-electron chi connectivity index (χ1n) is 11.5. The van der Waals surface area contributed by atoms with Crippen LogP contribution in [0.4, 0.5) is 0 Å². The molecule has 4 aromatic rings. The molecule has 2 aromatic heterocycles. The van der Waals surface area contributed by atoms with E-state index in [1.165, 1.54) is 0 Å². The van der Waals surface area contributed by atoms with Crippen molar-refractivity contribution in [1.82, 2.24) is 24.3 Å². The maximum atomic E-state index is 6.19. The van der Waals surface area contributed by atoms with Crippen molar-refractivity contribution in [2.45, 2.75) is 6.04 Å². The van der Waals surface area contributed by atoms with Crippen molar-refractivity contribution in [3.05, 3.63) is 85.3 Å².